The number of hydrogen-bond donors (Lipinski definition) is 0. The number of aldehydes is 1. The van der Waals surface area contributed by atoms with E-state index in [2.05, 4.69) is 0 Å². The minimum absolute atomic E-state index is 0.0534. The first kappa shape index (κ1) is 20.7. The predicted molar refractivity (Wildman–Crippen MR) is 115 cm³/mol. The molecule has 1 aliphatic carbocycles. The average Bonchev–Trinajstić information content (AvgIpc) is 3.17. The largest absolute Gasteiger partial charge is 0.492 e. The molecule has 0 spiro atoms. The Hall–Kier alpha value is -2.54. The van der Waals surface area contributed by atoms with Gasteiger partial charge in [-0.2, -0.15) is 0 Å². The molecule has 1 atom stereocenters. The summed E-state index contributed by atoms with van der Waals surface area (Å²) in [6.45, 7) is 1.03. The van der Waals surface area contributed by atoms with Crippen LogP contribution in [-0.4, -0.2) is 31.2 Å². The molecule has 0 radical (unpaired) electrons. The summed E-state index contributed by atoms with van der Waals surface area (Å²) in [4.78, 5) is 23.7. The van der Waals surface area contributed by atoms with Gasteiger partial charge in [0.15, 0.2) is 17.9 Å². The molecule has 0 fully saturated rings. The van der Waals surface area contributed by atoms with Gasteiger partial charge in [0.25, 0.3) is 0 Å². The predicted octanol–water partition coefficient (Wildman–Crippen LogP) is 4.74. The molecular weight excluding hydrogens is 429 g/mol. The number of allylic oxidation sites excluding steroid dienone is 3. The zero-order chi connectivity index (χ0) is 21.3. The van der Waals surface area contributed by atoms with E-state index in [4.69, 9.17) is 37.4 Å². The van der Waals surface area contributed by atoms with Crippen LogP contribution in [0.2, 0.25) is 5.02 Å². The number of ether oxygens (including phenoxy) is 3. The maximum Gasteiger partial charge on any atom is 0.199 e. The van der Waals surface area contributed by atoms with Crippen molar-refractivity contribution in [1.82, 2.24) is 4.57 Å². The number of rotatable bonds is 7. The molecular formula is C22H19Cl2NO5. The number of carbonyl (C=O) groups excluding carboxylic acids is 1. The van der Waals surface area contributed by atoms with Crippen LogP contribution < -0.4 is 14.9 Å². The molecule has 1 aromatic heterocycles. The molecule has 0 saturated carbocycles. The highest BCUT2D eigenvalue weighted by Crippen LogP contribution is 2.46. The second-order valence-electron chi connectivity index (χ2n) is 6.98. The third-order valence-electron chi connectivity index (χ3n) is 4.96. The number of pyridine rings is 1. The molecule has 2 aromatic rings. The highest BCUT2D eigenvalue weighted by molar-refractivity contribution is 6.32. The van der Waals surface area contributed by atoms with Crippen molar-refractivity contribution in [2.45, 2.75) is 19.1 Å². The number of fused-ring (bicyclic) bond motifs is 3. The molecule has 0 amide bonds. The second-order valence-corrected chi connectivity index (χ2v) is 7.87. The van der Waals surface area contributed by atoms with Crippen LogP contribution in [0.3, 0.4) is 0 Å². The number of aromatic nitrogens is 1. The lowest BCUT2D eigenvalue weighted by Crippen LogP contribution is -2.27. The third-order valence-corrected chi connectivity index (χ3v) is 5.51. The van der Waals surface area contributed by atoms with Crippen LogP contribution in [0.25, 0.3) is 11.3 Å². The van der Waals surface area contributed by atoms with Crippen LogP contribution >= 0.6 is 23.2 Å². The van der Waals surface area contributed by atoms with Crippen LogP contribution in [0.15, 0.2) is 51.9 Å². The van der Waals surface area contributed by atoms with E-state index < -0.39 is 6.23 Å². The molecule has 1 unspecified atom stereocenters. The monoisotopic (exact) mass is 447 g/mol. The van der Waals surface area contributed by atoms with Crippen LogP contribution in [0.4, 0.5) is 0 Å². The number of methoxy groups -OCH3 is 1. The van der Waals surface area contributed by atoms with Gasteiger partial charge in [0.1, 0.15) is 11.5 Å². The maximum atomic E-state index is 12.4. The molecule has 1 aliphatic heterocycles. The summed E-state index contributed by atoms with van der Waals surface area (Å²) < 4.78 is 18.8. The molecule has 2 aliphatic rings. The van der Waals surface area contributed by atoms with Crippen molar-refractivity contribution in [2.75, 3.05) is 20.3 Å². The first-order valence-corrected chi connectivity index (χ1v) is 10.2. The van der Waals surface area contributed by atoms with Gasteiger partial charge in [-0.1, -0.05) is 29.3 Å². The molecule has 6 nitrogen and oxygen atoms in total. The van der Waals surface area contributed by atoms with Gasteiger partial charge in [0.2, 0.25) is 0 Å². The number of benzene rings is 1. The average molecular weight is 448 g/mol. The second kappa shape index (κ2) is 8.68. The van der Waals surface area contributed by atoms with Gasteiger partial charge in [0, 0.05) is 55.5 Å². The highest BCUT2D eigenvalue weighted by Gasteiger charge is 2.31. The Kier molecular flexibility index (Phi) is 5.99. The minimum atomic E-state index is -0.554. The number of hydrogen-bond acceptors (Lipinski definition) is 5. The molecule has 8 heteroatoms. The Morgan fingerprint density at radius 1 is 1.23 bits per heavy atom. The highest BCUT2D eigenvalue weighted by atomic mass is 35.5. The summed E-state index contributed by atoms with van der Waals surface area (Å²) in [5, 5.41) is 1.09. The van der Waals surface area contributed by atoms with E-state index in [0.717, 1.165) is 12.0 Å². The Labute approximate surface area is 183 Å². The van der Waals surface area contributed by atoms with Crippen LogP contribution in [0, 0.1) is 0 Å². The normalized spacial score (nSPS) is 16.8. The summed E-state index contributed by atoms with van der Waals surface area (Å²) in [5.41, 5.74) is 1.85. The fourth-order valence-corrected chi connectivity index (χ4v) is 3.94. The van der Waals surface area contributed by atoms with E-state index in [-0.39, 0.29) is 11.0 Å². The van der Waals surface area contributed by atoms with Gasteiger partial charge in [-0.05, 0) is 17.7 Å². The smallest absolute Gasteiger partial charge is 0.199 e. The van der Waals surface area contributed by atoms with Crippen molar-refractivity contribution < 1.29 is 19.0 Å². The van der Waals surface area contributed by atoms with Gasteiger partial charge in [-0.15, -0.1) is 0 Å². The van der Waals surface area contributed by atoms with Crippen molar-refractivity contribution in [1.29, 1.82) is 0 Å². The lowest BCUT2D eigenvalue weighted by Gasteiger charge is -2.32. The number of carbonyl (C=O) groups is 1. The number of nitrogens with zero attached hydrogens (tertiary/aromatic N) is 1. The van der Waals surface area contributed by atoms with Crippen molar-refractivity contribution in [3.8, 4) is 22.8 Å². The lowest BCUT2D eigenvalue weighted by molar-refractivity contribution is 0.111. The Balaban J connectivity index is 1.77. The SMILES string of the molecule is COCCCOc1cc2c(cc1Cl)-c1cc(=O)c(C=O)cn1C(C1=CC=C(Cl)C1)O2. The Morgan fingerprint density at radius 3 is 2.77 bits per heavy atom. The molecule has 0 saturated heterocycles. The number of halogens is 2. The molecule has 2 heterocycles. The van der Waals surface area contributed by atoms with E-state index in [1.54, 1.807) is 23.8 Å². The fraction of sp³-hybridized carbons (Fsp3) is 0.273. The first-order valence-electron chi connectivity index (χ1n) is 9.40. The lowest BCUT2D eigenvalue weighted by atomic mass is 10.0. The van der Waals surface area contributed by atoms with E-state index in [1.807, 2.05) is 12.2 Å². The van der Waals surface area contributed by atoms with Crippen LogP contribution in [0.5, 0.6) is 11.5 Å². The van der Waals surface area contributed by atoms with Crippen LogP contribution in [-0.2, 0) is 4.74 Å². The van der Waals surface area contributed by atoms with E-state index in [0.29, 0.717) is 58.7 Å². The van der Waals surface area contributed by atoms with Crippen molar-refractivity contribution in [3.05, 3.63) is 68.0 Å². The van der Waals surface area contributed by atoms with Gasteiger partial charge in [-0.3, -0.25) is 9.59 Å². The molecule has 1 aromatic carbocycles. The molecule has 0 N–H and O–H groups in total. The van der Waals surface area contributed by atoms with Crippen molar-refractivity contribution >= 4 is 29.5 Å². The van der Waals surface area contributed by atoms with Gasteiger partial charge < -0.3 is 18.8 Å². The molecule has 156 valence electrons. The van der Waals surface area contributed by atoms with Crippen molar-refractivity contribution in [2.24, 2.45) is 0 Å². The molecule has 30 heavy (non-hydrogen) atoms. The van der Waals surface area contributed by atoms with E-state index in [1.165, 1.54) is 12.3 Å². The quantitative estimate of drug-likeness (QED) is 0.452. The minimum Gasteiger partial charge on any atom is -0.492 e. The van der Waals surface area contributed by atoms with E-state index in [9.17, 15) is 9.59 Å². The van der Waals surface area contributed by atoms with Gasteiger partial charge >= 0.3 is 0 Å². The first-order chi connectivity index (χ1) is 14.5. The van der Waals surface area contributed by atoms with E-state index >= 15 is 0 Å². The van der Waals surface area contributed by atoms with Gasteiger partial charge in [0.05, 0.1) is 22.9 Å². The third kappa shape index (κ3) is 3.90. The summed E-state index contributed by atoms with van der Waals surface area (Å²) in [6.07, 6.45) is 6.44. The summed E-state index contributed by atoms with van der Waals surface area (Å²) in [7, 11) is 1.63. The summed E-state index contributed by atoms with van der Waals surface area (Å²) >= 11 is 12.6. The maximum absolute atomic E-state index is 12.4. The van der Waals surface area contributed by atoms with Crippen molar-refractivity contribution in [3.63, 3.8) is 0 Å². The summed E-state index contributed by atoms with van der Waals surface area (Å²) in [5.74, 6) is 1.02. The topological polar surface area (TPSA) is 66.8 Å². The fourth-order valence-electron chi connectivity index (χ4n) is 3.50. The van der Waals surface area contributed by atoms with Crippen LogP contribution in [0.1, 0.15) is 29.4 Å². The van der Waals surface area contributed by atoms with Gasteiger partial charge in [-0.25, -0.2) is 0 Å². The zero-order valence-electron chi connectivity index (χ0n) is 16.2. The molecule has 4 rings (SSSR count). The molecule has 0 bridgehead atoms. The summed E-state index contributed by atoms with van der Waals surface area (Å²) in [6, 6.07) is 4.86. The Bertz CT molecular complexity index is 1120. The Morgan fingerprint density at radius 2 is 2.07 bits per heavy atom. The standard InChI is InChI=1S/C22H19Cl2NO5/c1-28-5-2-6-29-21-10-20-16(8-17(21)24)18-9-19(27)14(12-26)11-25(18)22(30-20)13-3-4-15(23)7-13/h3-4,8-12,22H,2,5-7H2,1H3. The zero-order valence-corrected chi connectivity index (χ0v) is 17.7.